The van der Waals surface area contributed by atoms with Gasteiger partial charge >= 0.3 is 5.97 Å². The molecule has 5 heteroatoms. The lowest BCUT2D eigenvalue weighted by atomic mass is 9.67. The second-order valence-electron chi connectivity index (χ2n) is 10.0. The van der Waals surface area contributed by atoms with Crippen LogP contribution in [-0.4, -0.2) is 67.3 Å². The summed E-state index contributed by atoms with van der Waals surface area (Å²) in [5.41, 5.74) is 0. The zero-order valence-corrected chi connectivity index (χ0v) is 16.9. The molecule has 2 aliphatic carbocycles. The molecule has 0 amide bonds. The van der Waals surface area contributed by atoms with Gasteiger partial charge in [0, 0.05) is 51.5 Å². The van der Waals surface area contributed by atoms with Gasteiger partial charge in [-0.25, -0.2) is 0 Å². The number of carbonyl (C=O) groups is 1. The molecule has 5 rings (SSSR count). The molecule has 27 heavy (non-hydrogen) atoms. The number of piperazine rings is 1. The number of nitrogens with two attached hydrogens (primary N) is 1. The van der Waals surface area contributed by atoms with Crippen molar-refractivity contribution < 1.29 is 14.8 Å². The lowest BCUT2D eigenvalue weighted by Gasteiger charge is -2.47. The van der Waals surface area contributed by atoms with Crippen molar-refractivity contribution in [3.05, 3.63) is 0 Å². The normalized spacial score (nSPS) is 43.8. The molecule has 5 fully saturated rings. The largest absolute Gasteiger partial charge is 0.462 e. The van der Waals surface area contributed by atoms with Crippen molar-refractivity contribution in [1.29, 1.82) is 0 Å². The SMILES string of the molecule is O=C1CC(CN2CCN(C3CCCC[NH2+]3)CC2)C2CC3CCCC3CC2O1. The van der Waals surface area contributed by atoms with Gasteiger partial charge in [-0.15, -0.1) is 0 Å². The van der Waals surface area contributed by atoms with Crippen LogP contribution in [-0.2, 0) is 9.53 Å². The maximum absolute atomic E-state index is 12.3. The molecule has 3 aliphatic heterocycles. The molecule has 2 saturated carbocycles. The lowest BCUT2D eigenvalue weighted by Crippen LogP contribution is -2.95. The zero-order chi connectivity index (χ0) is 18.2. The van der Waals surface area contributed by atoms with Crippen molar-refractivity contribution in [3.63, 3.8) is 0 Å². The number of nitrogens with zero attached hydrogens (tertiary/aromatic N) is 2. The Hall–Kier alpha value is -0.650. The van der Waals surface area contributed by atoms with Gasteiger partial charge < -0.3 is 15.0 Å². The minimum Gasteiger partial charge on any atom is -0.462 e. The van der Waals surface area contributed by atoms with Crippen molar-refractivity contribution in [3.8, 4) is 0 Å². The van der Waals surface area contributed by atoms with Crippen LogP contribution in [0.2, 0.25) is 0 Å². The van der Waals surface area contributed by atoms with Crippen LogP contribution in [0.5, 0.6) is 0 Å². The highest BCUT2D eigenvalue weighted by Crippen LogP contribution is 2.49. The number of ether oxygens (including phenoxy) is 1. The minimum absolute atomic E-state index is 0.0770. The van der Waals surface area contributed by atoms with Gasteiger partial charge in [0.2, 0.25) is 0 Å². The highest BCUT2D eigenvalue weighted by molar-refractivity contribution is 5.71. The fourth-order valence-corrected chi connectivity index (χ4v) is 6.99. The number of rotatable bonds is 3. The molecule has 0 spiro atoms. The Balaban J connectivity index is 1.17. The Morgan fingerprint density at radius 2 is 1.78 bits per heavy atom. The average molecular weight is 377 g/mol. The highest BCUT2D eigenvalue weighted by atomic mass is 16.5. The molecule has 3 saturated heterocycles. The fourth-order valence-electron chi connectivity index (χ4n) is 6.99. The van der Waals surface area contributed by atoms with Gasteiger partial charge in [0.05, 0.1) is 6.54 Å². The van der Waals surface area contributed by atoms with Gasteiger partial charge in [-0.2, -0.15) is 0 Å². The fraction of sp³-hybridized carbons (Fsp3) is 0.955. The molecule has 5 aliphatic rings. The molecule has 152 valence electrons. The predicted octanol–water partition coefficient (Wildman–Crippen LogP) is 1.44. The molecule has 0 radical (unpaired) electrons. The van der Waals surface area contributed by atoms with E-state index in [2.05, 4.69) is 15.1 Å². The smallest absolute Gasteiger partial charge is 0.306 e. The van der Waals surface area contributed by atoms with Crippen LogP contribution in [0.25, 0.3) is 0 Å². The Labute approximate surface area is 164 Å². The summed E-state index contributed by atoms with van der Waals surface area (Å²) in [7, 11) is 0. The second kappa shape index (κ2) is 8.00. The summed E-state index contributed by atoms with van der Waals surface area (Å²) >= 11 is 0. The van der Waals surface area contributed by atoms with Crippen LogP contribution in [0.3, 0.4) is 0 Å². The number of piperidine rings is 1. The van der Waals surface area contributed by atoms with E-state index in [1.54, 1.807) is 0 Å². The van der Waals surface area contributed by atoms with E-state index in [0.717, 1.165) is 31.0 Å². The first-order chi connectivity index (χ1) is 13.3. The Bertz CT molecular complexity index is 528. The first-order valence-electron chi connectivity index (χ1n) is 11.8. The summed E-state index contributed by atoms with van der Waals surface area (Å²) < 4.78 is 5.84. The molecule has 0 aromatic heterocycles. The molecule has 0 bridgehead atoms. The molecule has 0 aromatic carbocycles. The average Bonchev–Trinajstić information content (AvgIpc) is 3.15. The molecule has 0 aromatic rings. The summed E-state index contributed by atoms with van der Waals surface area (Å²) in [6.45, 7) is 7.20. The standard InChI is InChI=1S/C22H37N3O2/c26-22-14-18(19-12-16-4-3-5-17(16)13-20(19)27-22)15-24-8-10-25(11-9-24)21-6-1-2-7-23-21/h16-21,23H,1-15H2/p+1. The monoisotopic (exact) mass is 376 g/mol. The first kappa shape index (κ1) is 18.4. The third-order valence-electron chi connectivity index (χ3n) is 8.48. The summed E-state index contributed by atoms with van der Waals surface area (Å²) in [5.74, 6) is 3.00. The van der Waals surface area contributed by atoms with Crippen LogP contribution in [0.1, 0.15) is 57.8 Å². The zero-order valence-electron chi connectivity index (χ0n) is 16.9. The summed E-state index contributed by atoms with van der Waals surface area (Å²) in [6.07, 6.45) is 12.4. The number of fused-ring (bicyclic) bond motifs is 2. The minimum atomic E-state index is 0.0770. The van der Waals surface area contributed by atoms with Gasteiger partial charge in [0.1, 0.15) is 12.3 Å². The van der Waals surface area contributed by atoms with Gasteiger partial charge in [0.15, 0.2) is 0 Å². The van der Waals surface area contributed by atoms with Gasteiger partial charge in [-0.1, -0.05) is 19.3 Å². The Morgan fingerprint density at radius 3 is 2.56 bits per heavy atom. The van der Waals surface area contributed by atoms with Crippen LogP contribution in [0.4, 0.5) is 0 Å². The van der Waals surface area contributed by atoms with Crippen LogP contribution < -0.4 is 5.32 Å². The van der Waals surface area contributed by atoms with Crippen molar-refractivity contribution in [2.75, 3.05) is 39.3 Å². The second-order valence-corrected chi connectivity index (χ2v) is 10.0. The Morgan fingerprint density at radius 1 is 0.963 bits per heavy atom. The van der Waals surface area contributed by atoms with E-state index in [1.165, 1.54) is 77.7 Å². The molecule has 5 nitrogen and oxygen atoms in total. The quantitative estimate of drug-likeness (QED) is 0.757. The van der Waals surface area contributed by atoms with Crippen LogP contribution >= 0.6 is 0 Å². The van der Waals surface area contributed by atoms with Crippen molar-refractivity contribution in [2.45, 2.75) is 70.1 Å². The third-order valence-corrected chi connectivity index (χ3v) is 8.48. The van der Waals surface area contributed by atoms with Crippen LogP contribution in [0.15, 0.2) is 0 Å². The summed E-state index contributed by atoms with van der Waals surface area (Å²) in [5, 5.41) is 2.56. The third kappa shape index (κ3) is 3.92. The van der Waals surface area contributed by atoms with E-state index in [9.17, 15) is 4.79 Å². The highest BCUT2D eigenvalue weighted by Gasteiger charge is 2.47. The lowest BCUT2D eigenvalue weighted by molar-refractivity contribution is -0.717. The maximum atomic E-state index is 12.3. The Kier molecular flexibility index (Phi) is 5.45. The van der Waals surface area contributed by atoms with E-state index in [-0.39, 0.29) is 12.1 Å². The van der Waals surface area contributed by atoms with Gasteiger partial charge in [-0.3, -0.25) is 9.69 Å². The molecule has 2 N–H and O–H groups in total. The molecular formula is C22H38N3O2+. The number of esters is 1. The van der Waals surface area contributed by atoms with Gasteiger partial charge in [0.25, 0.3) is 0 Å². The topological polar surface area (TPSA) is 49.4 Å². The molecule has 3 heterocycles. The van der Waals surface area contributed by atoms with E-state index in [0.29, 0.717) is 18.3 Å². The first-order valence-corrected chi connectivity index (χ1v) is 11.8. The van der Waals surface area contributed by atoms with Crippen LogP contribution in [0, 0.1) is 23.7 Å². The summed E-state index contributed by atoms with van der Waals surface area (Å²) in [6, 6.07) is 0. The maximum Gasteiger partial charge on any atom is 0.306 e. The summed E-state index contributed by atoms with van der Waals surface area (Å²) in [4.78, 5) is 17.6. The van der Waals surface area contributed by atoms with Gasteiger partial charge in [-0.05, 0) is 43.4 Å². The van der Waals surface area contributed by atoms with E-state index in [1.807, 2.05) is 0 Å². The van der Waals surface area contributed by atoms with Crippen molar-refractivity contribution >= 4 is 5.97 Å². The van der Waals surface area contributed by atoms with E-state index in [4.69, 9.17) is 4.74 Å². The number of hydrogen-bond acceptors (Lipinski definition) is 4. The van der Waals surface area contributed by atoms with E-state index < -0.39 is 0 Å². The molecule has 6 unspecified atom stereocenters. The van der Waals surface area contributed by atoms with E-state index >= 15 is 0 Å². The molecular weight excluding hydrogens is 338 g/mol. The predicted molar refractivity (Wildman–Crippen MR) is 104 cm³/mol. The van der Waals surface area contributed by atoms with Crippen molar-refractivity contribution in [1.82, 2.24) is 9.80 Å². The molecule has 6 atom stereocenters. The number of carbonyl (C=O) groups excluding carboxylic acids is 1. The number of hydrogen-bond donors (Lipinski definition) is 1. The van der Waals surface area contributed by atoms with Crippen molar-refractivity contribution in [2.24, 2.45) is 23.7 Å². The number of quaternary nitrogens is 1.